The molecule has 0 aliphatic carbocycles. The van der Waals surface area contributed by atoms with Gasteiger partial charge >= 0.3 is 0 Å². The monoisotopic (exact) mass is 501 g/mol. The van der Waals surface area contributed by atoms with Crippen molar-refractivity contribution in [3.05, 3.63) is 126 Å². The van der Waals surface area contributed by atoms with Gasteiger partial charge in [-0.15, -0.1) is 0 Å². The summed E-state index contributed by atoms with van der Waals surface area (Å²) >= 11 is 0. The lowest BCUT2D eigenvalue weighted by Crippen LogP contribution is -2.35. The van der Waals surface area contributed by atoms with E-state index in [9.17, 15) is 9.59 Å². The molecule has 6 rings (SSSR count). The lowest BCUT2D eigenvalue weighted by atomic mass is 10.0. The second-order valence-electron chi connectivity index (χ2n) is 9.40. The van der Waals surface area contributed by atoms with Crippen molar-refractivity contribution in [2.24, 2.45) is 0 Å². The Bertz CT molecular complexity index is 1590. The Morgan fingerprint density at radius 1 is 0.895 bits per heavy atom. The van der Waals surface area contributed by atoms with Crippen molar-refractivity contribution in [3.63, 3.8) is 0 Å². The highest BCUT2D eigenvalue weighted by molar-refractivity contribution is 6.07. The molecule has 7 nitrogen and oxygen atoms in total. The first-order valence-corrected chi connectivity index (χ1v) is 12.6. The summed E-state index contributed by atoms with van der Waals surface area (Å²) < 4.78 is 0. The number of hydrogen-bond acceptors (Lipinski definition) is 4. The van der Waals surface area contributed by atoms with E-state index in [2.05, 4.69) is 20.2 Å². The predicted octanol–water partition coefficient (Wildman–Crippen LogP) is 5.48. The van der Waals surface area contributed by atoms with Gasteiger partial charge < -0.3 is 20.1 Å². The van der Waals surface area contributed by atoms with Gasteiger partial charge in [-0.05, 0) is 46.7 Å². The first-order chi connectivity index (χ1) is 18.7. The summed E-state index contributed by atoms with van der Waals surface area (Å²) in [6.45, 7) is 2.25. The molecule has 7 heteroatoms. The summed E-state index contributed by atoms with van der Waals surface area (Å²) in [7, 11) is 0. The number of nitrogens with zero attached hydrogens (tertiary/aromatic N) is 3. The van der Waals surface area contributed by atoms with Crippen LogP contribution < -0.4 is 10.2 Å². The fourth-order valence-corrected chi connectivity index (χ4v) is 5.00. The van der Waals surface area contributed by atoms with Crippen molar-refractivity contribution < 1.29 is 9.59 Å². The van der Waals surface area contributed by atoms with Gasteiger partial charge in [0.2, 0.25) is 0 Å². The highest BCUT2D eigenvalue weighted by atomic mass is 16.2. The van der Waals surface area contributed by atoms with E-state index < -0.39 is 0 Å². The minimum absolute atomic E-state index is 0.0100. The van der Waals surface area contributed by atoms with Crippen LogP contribution in [0.2, 0.25) is 0 Å². The number of imidazole rings is 1. The smallest absolute Gasteiger partial charge is 0.255 e. The number of aromatic nitrogens is 2. The molecule has 188 valence electrons. The number of carbonyl (C=O) groups is 2. The summed E-state index contributed by atoms with van der Waals surface area (Å²) in [5.74, 6) is -0.151. The van der Waals surface area contributed by atoms with Crippen LogP contribution >= 0.6 is 0 Å². The fourth-order valence-electron chi connectivity index (χ4n) is 5.00. The van der Waals surface area contributed by atoms with Gasteiger partial charge in [-0.25, -0.2) is 4.98 Å². The molecule has 0 fully saturated rings. The van der Waals surface area contributed by atoms with Crippen molar-refractivity contribution in [1.82, 2.24) is 14.9 Å². The van der Waals surface area contributed by atoms with Crippen LogP contribution in [0, 0.1) is 0 Å². The standard InChI is InChI=1S/C31H27N5O2/c37-30(23-8-2-1-3-9-23)34-25-14-13-24-19-36(16-15-35(29(24)17-25)20-26-18-32-21-33-26)31(38)28-12-6-10-22-7-4-5-11-27(22)28/h1-14,17-18,21H,15-16,19-20H2,(H,32,33)(H,34,37). The summed E-state index contributed by atoms with van der Waals surface area (Å²) in [6, 6.07) is 28.9. The van der Waals surface area contributed by atoms with Crippen LogP contribution in [0.5, 0.6) is 0 Å². The average molecular weight is 502 g/mol. The lowest BCUT2D eigenvalue weighted by molar-refractivity contribution is 0.0753. The molecule has 2 N–H and O–H groups in total. The zero-order valence-electron chi connectivity index (χ0n) is 20.8. The number of H-pyrrole nitrogens is 1. The molecule has 0 radical (unpaired) electrons. The van der Waals surface area contributed by atoms with Crippen LogP contribution in [0.4, 0.5) is 11.4 Å². The van der Waals surface area contributed by atoms with Gasteiger partial charge in [0, 0.05) is 48.3 Å². The summed E-state index contributed by atoms with van der Waals surface area (Å²) in [5.41, 5.74) is 4.92. The molecule has 0 spiro atoms. The molecular formula is C31H27N5O2. The van der Waals surface area contributed by atoms with Crippen LogP contribution in [0.1, 0.15) is 32.0 Å². The quantitative estimate of drug-likeness (QED) is 0.334. The molecule has 0 saturated carbocycles. The highest BCUT2D eigenvalue weighted by Gasteiger charge is 2.26. The molecule has 2 amide bonds. The number of aromatic amines is 1. The Hall–Kier alpha value is -4.91. The Balaban J connectivity index is 1.32. The maximum absolute atomic E-state index is 13.8. The van der Waals surface area contributed by atoms with E-state index in [-0.39, 0.29) is 11.8 Å². The van der Waals surface area contributed by atoms with Crippen molar-refractivity contribution >= 4 is 34.0 Å². The maximum atomic E-state index is 13.8. The maximum Gasteiger partial charge on any atom is 0.255 e. The summed E-state index contributed by atoms with van der Waals surface area (Å²) in [5, 5.41) is 5.02. The van der Waals surface area contributed by atoms with Crippen LogP contribution in [0.25, 0.3) is 10.8 Å². The van der Waals surface area contributed by atoms with E-state index in [0.29, 0.717) is 43.0 Å². The zero-order chi connectivity index (χ0) is 25.9. The van der Waals surface area contributed by atoms with Gasteiger partial charge in [-0.1, -0.05) is 60.7 Å². The topological polar surface area (TPSA) is 81.3 Å². The van der Waals surface area contributed by atoms with Crippen LogP contribution in [-0.4, -0.2) is 39.8 Å². The number of carbonyl (C=O) groups excluding carboxylic acids is 2. The normalized spacial score (nSPS) is 13.2. The molecule has 38 heavy (non-hydrogen) atoms. The molecule has 1 aliphatic rings. The molecule has 4 aromatic carbocycles. The van der Waals surface area contributed by atoms with E-state index in [1.54, 1.807) is 18.5 Å². The molecule has 0 atom stereocenters. The molecule has 0 saturated heterocycles. The van der Waals surface area contributed by atoms with Crippen LogP contribution in [0.15, 0.2) is 104 Å². The molecule has 0 unspecified atom stereocenters. The Kier molecular flexibility index (Phi) is 6.32. The Labute approximate surface area is 220 Å². The number of hydrogen-bond donors (Lipinski definition) is 2. The highest BCUT2D eigenvalue weighted by Crippen LogP contribution is 2.31. The lowest BCUT2D eigenvalue weighted by Gasteiger charge is -2.24. The van der Waals surface area contributed by atoms with Gasteiger partial charge in [0.05, 0.1) is 18.6 Å². The first kappa shape index (κ1) is 23.5. The molecule has 5 aromatic rings. The van der Waals surface area contributed by atoms with Gasteiger partial charge in [0.1, 0.15) is 0 Å². The minimum atomic E-state index is -0.161. The van der Waals surface area contributed by atoms with Gasteiger partial charge in [-0.2, -0.15) is 0 Å². The van der Waals surface area contributed by atoms with Gasteiger partial charge in [0.25, 0.3) is 11.8 Å². The van der Waals surface area contributed by atoms with E-state index >= 15 is 0 Å². The number of fused-ring (bicyclic) bond motifs is 2. The molecule has 1 aromatic heterocycles. The molecular weight excluding hydrogens is 474 g/mol. The number of amides is 2. The third-order valence-electron chi connectivity index (χ3n) is 6.94. The van der Waals surface area contributed by atoms with Gasteiger partial charge in [0.15, 0.2) is 0 Å². The molecule has 1 aliphatic heterocycles. The predicted molar refractivity (Wildman–Crippen MR) is 149 cm³/mol. The third-order valence-corrected chi connectivity index (χ3v) is 6.94. The minimum Gasteiger partial charge on any atom is -0.363 e. The first-order valence-electron chi connectivity index (χ1n) is 12.6. The van der Waals surface area contributed by atoms with Crippen molar-refractivity contribution in [1.29, 1.82) is 0 Å². The van der Waals surface area contributed by atoms with E-state index in [0.717, 1.165) is 27.7 Å². The number of benzene rings is 4. The van der Waals surface area contributed by atoms with Crippen molar-refractivity contribution in [2.75, 3.05) is 23.3 Å². The number of rotatable bonds is 5. The zero-order valence-corrected chi connectivity index (χ0v) is 20.8. The van der Waals surface area contributed by atoms with Crippen LogP contribution in [-0.2, 0) is 13.1 Å². The largest absolute Gasteiger partial charge is 0.363 e. The number of anilines is 2. The summed E-state index contributed by atoms with van der Waals surface area (Å²) in [4.78, 5) is 38.2. The fraction of sp³-hybridized carbons (Fsp3) is 0.129. The second-order valence-corrected chi connectivity index (χ2v) is 9.40. The number of nitrogens with one attached hydrogen (secondary N) is 2. The van der Waals surface area contributed by atoms with Crippen LogP contribution in [0.3, 0.4) is 0 Å². The molecule has 0 bridgehead atoms. The van der Waals surface area contributed by atoms with Crippen molar-refractivity contribution in [2.45, 2.75) is 13.1 Å². The second kappa shape index (κ2) is 10.2. The Morgan fingerprint density at radius 3 is 2.55 bits per heavy atom. The molecule has 2 heterocycles. The van der Waals surface area contributed by atoms with Gasteiger partial charge in [-0.3, -0.25) is 9.59 Å². The van der Waals surface area contributed by atoms with E-state index in [1.807, 2.05) is 90.0 Å². The van der Waals surface area contributed by atoms with Crippen molar-refractivity contribution in [3.8, 4) is 0 Å². The summed E-state index contributed by atoms with van der Waals surface area (Å²) in [6.07, 6.45) is 3.55. The SMILES string of the molecule is O=C(Nc1ccc2c(c1)N(Cc1c[nH]cn1)CCN(C(=O)c1cccc3ccccc13)C2)c1ccccc1. The van der Waals surface area contributed by atoms with E-state index in [4.69, 9.17) is 0 Å². The Morgan fingerprint density at radius 2 is 1.71 bits per heavy atom. The average Bonchev–Trinajstić information content (AvgIpc) is 3.41. The van der Waals surface area contributed by atoms with E-state index in [1.165, 1.54) is 0 Å². The third kappa shape index (κ3) is 4.74.